The van der Waals surface area contributed by atoms with Crippen molar-refractivity contribution in [3.05, 3.63) is 36.0 Å². The minimum Gasteiger partial charge on any atom is -0.383 e. The first-order valence-electron chi connectivity index (χ1n) is 5.85. The molecule has 0 saturated heterocycles. The number of fused-ring (bicyclic) bond motifs is 1. The lowest BCUT2D eigenvalue weighted by Crippen LogP contribution is -2.09. The molecule has 1 heterocycles. The van der Waals surface area contributed by atoms with E-state index in [2.05, 4.69) is 61.4 Å². The molecule has 0 aliphatic carbocycles. The van der Waals surface area contributed by atoms with Crippen molar-refractivity contribution in [1.29, 1.82) is 0 Å². The molecule has 0 aliphatic rings. The summed E-state index contributed by atoms with van der Waals surface area (Å²) in [4.78, 5) is 4.59. The van der Waals surface area contributed by atoms with Gasteiger partial charge in [-0.2, -0.15) is 0 Å². The molecule has 84 valence electrons. The molecule has 2 aromatic rings. The van der Waals surface area contributed by atoms with E-state index < -0.39 is 0 Å². The highest BCUT2D eigenvalue weighted by Gasteiger charge is 2.00. The Hall–Kier alpha value is -1.57. The molecule has 2 heteroatoms. The highest BCUT2D eigenvalue weighted by molar-refractivity contribution is 5.82. The van der Waals surface area contributed by atoms with Gasteiger partial charge in [-0.3, -0.25) is 4.98 Å². The van der Waals surface area contributed by atoms with E-state index in [-0.39, 0.29) is 0 Å². The van der Waals surface area contributed by atoms with Crippen LogP contribution in [0, 0.1) is 0 Å². The molecule has 1 N–H and O–H groups in total. The summed E-state index contributed by atoms with van der Waals surface area (Å²) in [5.41, 5.74) is 3.39. The summed E-state index contributed by atoms with van der Waals surface area (Å²) >= 11 is 0. The molecule has 0 unspecified atom stereocenters. The highest BCUT2D eigenvalue weighted by atomic mass is 14.9. The zero-order valence-corrected chi connectivity index (χ0v) is 10.1. The average Bonchev–Trinajstić information content (AvgIpc) is 2.27. The molecular formula is C14H18N2. The maximum Gasteiger partial charge on any atom is 0.0706 e. The number of nitrogens with one attached hydrogen (secondary N) is 1. The van der Waals surface area contributed by atoms with Crippen LogP contribution in [0.3, 0.4) is 0 Å². The second kappa shape index (κ2) is 4.52. The Morgan fingerprint density at radius 1 is 1.19 bits per heavy atom. The summed E-state index contributed by atoms with van der Waals surface area (Å²) in [6.45, 7) is 6.41. The van der Waals surface area contributed by atoms with Crippen LogP contribution in [0.5, 0.6) is 0 Å². The van der Waals surface area contributed by atoms with Crippen LogP contribution < -0.4 is 5.32 Å². The van der Waals surface area contributed by atoms with Crippen molar-refractivity contribution < 1.29 is 0 Å². The van der Waals surface area contributed by atoms with Gasteiger partial charge in [-0.25, -0.2) is 0 Å². The first-order chi connectivity index (χ1) is 7.69. The summed E-state index contributed by atoms with van der Waals surface area (Å²) in [5, 5.41) is 4.59. The van der Waals surface area contributed by atoms with Gasteiger partial charge in [-0.15, -0.1) is 0 Å². The molecule has 0 atom stereocenters. The van der Waals surface area contributed by atoms with Crippen molar-refractivity contribution in [2.75, 3.05) is 5.32 Å². The Bertz CT molecular complexity index is 489. The van der Waals surface area contributed by atoms with Gasteiger partial charge in [0.2, 0.25) is 0 Å². The van der Waals surface area contributed by atoms with Gasteiger partial charge in [-0.05, 0) is 44.5 Å². The molecule has 2 nitrogen and oxygen atoms in total. The van der Waals surface area contributed by atoms with Crippen molar-refractivity contribution in [3.8, 4) is 0 Å². The lowest BCUT2D eigenvalue weighted by atomic mass is 10.1. The molecule has 0 spiro atoms. The van der Waals surface area contributed by atoms with Gasteiger partial charge >= 0.3 is 0 Å². The number of pyridine rings is 1. The fourth-order valence-corrected chi connectivity index (χ4v) is 1.79. The van der Waals surface area contributed by atoms with Crippen molar-refractivity contribution >= 4 is 16.6 Å². The van der Waals surface area contributed by atoms with Crippen molar-refractivity contribution in [1.82, 2.24) is 4.98 Å². The minimum atomic E-state index is 0.459. The normalized spacial score (nSPS) is 11.0. The number of hydrogen-bond donors (Lipinski definition) is 1. The Morgan fingerprint density at radius 3 is 2.69 bits per heavy atom. The minimum absolute atomic E-state index is 0.459. The lowest BCUT2D eigenvalue weighted by Gasteiger charge is -2.10. The first-order valence-corrected chi connectivity index (χ1v) is 5.85. The average molecular weight is 214 g/mol. The fourth-order valence-electron chi connectivity index (χ4n) is 1.79. The summed E-state index contributed by atoms with van der Waals surface area (Å²) < 4.78 is 0. The SMILES string of the molecule is CCc1ccc2cc(NC(C)C)ccc2n1. The fraction of sp³-hybridized carbons (Fsp3) is 0.357. The number of rotatable bonds is 3. The molecule has 16 heavy (non-hydrogen) atoms. The van der Waals surface area contributed by atoms with Gasteiger partial charge in [0.15, 0.2) is 0 Å². The van der Waals surface area contributed by atoms with Crippen LogP contribution in [-0.2, 0) is 6.42 Å². The van der Waals surface area contributed by atoms with E-state index in [0.717, 1.165) is 23.3 Å². The molecule has 2 rings (SSSR count). The molecule has 0 bridgehead atoms. The third kappa shape index (κ3) is 2.32. The maximum absolute atomic E-state index is 4.59. The second-order valence-electron chi connectivity index (χ2n) is 4.36. The molecule has 0 fully saturated rings. The smallest absolute Gasteiger partial charge is 0.0706 e. The molecule has 1 aromatic heterocycles. The van der Waals surface area contributed by atoms with Crippen LogP contribution in [0.25, 0.3) is 10.9 Å². The van der Waals surface area contributed by atoms with Crippen molar-refractivity contribution in [2.45, 2.75) is 33.2 Å². The molecule has 1 aromatic carbocycles. The number of aromatic nitrogens is 1. The van der Waals surface area contributed by atoms with Gasteiger partial charge < -0.3 is 5.32 Å². The van der Waals surface area contributed by atoms with E-state index in [1.807, 2.05) is 0 Å². The largest absolute Gasteiger partial charge is 0.383 e. The molecule has 0 radical (unpaired) electrons. The number of aryl methyl sites for hydroxylation is 1. The van der Waals surface area contributed by atoms with E-state index in [4.69, 9.17) is 0 Å². The van der Waals surface area contributed by atoms with Crippen LogP contribution in [0.1, 0.15) is 26.5 Å². The van der Waals surface area contributed by atoms with E-state index in [0.29, 0.717) is 6.04 Å². The summed E-state index contributed by atoms with van der Waals surface area (Å²) in [5.74, 6) is 0. The van der Waals surface area contributed by atoms with Crippen molar-refractivity contribution in [3.63, 3.8) is 0 Å². The van der Waals surface area contributed by atoms with Gasteiger partial charge in [0, 0.05) is 22.8 Å². The Balaban J connectivity index is 2.39. The van der Waals surface area contributed by atoms with Gasteiger partial charge in [0.05, 0.1) is 5.52 Å². The lowest BCUT2D eigenvalue weighted by molar-refractivity contribution is 0.900. The van der Waals surface area contributed by atoms with E-state index >= 15 is 0 Å². The zero-order valence-electron chi connectivity index (χ0n) is 10.1. The van der Waals surface area contributed by atoms with Gasteiger partial charge in [0.1, 0.15) is 0 Å². The van der Waals surface area contributed by atoms with Crippen LogP contribution >= 0.6 is 0 Å². The number of nitrogens with zero attached hydrogens (tertiary/aromatic N) is 1. The second-order valence-corrected chi connectivity index (χ2v) is 4.36. The molecular weight excluding hydrogens is 196 g/mol. The first kappa shape index (κ1) is 10.9. The predicted octanol–water partition coefficient (Wildman–Crippen LogP) is 3.62. The molecule has 0 amide bonds. The standard InChI is InChI=1S/C14H18N2/c1-4-12-6-5-11-9-13(15-10(2)3)7-8-14(11)16-12/h5-10,15H,4H2,1-3H3. The Kier molecular flexibility index (Phi) is 3.09. The number of anilines is 1. The van der Waals surface area contributed by atoms with Gasteiger partial charge in [0.25, 0.3) is 0 Å². The van der Waals surface area contributed by atoms with Crippen LogP contribution in [-0.4, -0.2) is 11.0 Å². The van der Waals surface area contributed by atoms with Gasteiger partial charge in [-0.1, -0.05) is 13.0 Å². The molecule has 0 aliphatic heterocycles. The summed E-state index contributed by atoms with van der Waals surface area (Å²) in [6, 6.07) is 11.0. The van der Waals surface area contributed by atoms with Crippen LogP contribution in [0.15, 0.2) is 30.3 Å². The summed E-state index contributed by atoms with van der Waals surface area (Å²) in [6.07, 6.45) is 0.988. The highest BCUT2D eigenvalue weighted by Crippen LogP contribution is 2.18. The predicted molar refractivity (Wildman–Crippen MR) is 69.9 cm³/mol. The van der Waals surface area contributed by atoms with Crippen molar-refractivity contribution in [2.24, 2.45) is 0 Å². The van der Waals surface area contributed by atoms with E-state index in [1.165, 1.54) is 5.39 Å². The number of hydrogen-bond acceptors (Lipinski definition) is 2. The van der Waals surface area contributed by atoms with Crippen LogP contribution in [0.2, 0.25) is 0 Å². The monoisotopic (exact) mass is 214 g/mol. The third-order valence-corrected chi connectivity index (χ3v) is 2.56. The Morgan fingerprint density at radius 2 is 2.00 bits per heavy atom. The molecule has 0 saturated carbocycles. The maximum atomic E-state index is 4.59. The van der Waals surface area contributed by atoms with E-state index in [9.17, 15) is 0 Å². The quantitative estimate of drug-likeness (QED) is 0.844. The summed E-state index contributed by atoms with van der Waals surface area (Å²) in [7, 11) is 0. The van der Waals surface area contributed by atoms with Crippen LogP contribution in [0.4, 0.5) is 5.69 Å². The topological polar surface area (TPSA) is 24.9 Å². The zero-order chi connectivity index (χ0) is 11.5. The third-order valence-electron chi connectivity index (χ3n) is 2.56. The number of benzene rings is 1. The Labute approximate surface area is 96.7 Å². The van der Waals surface area contributed by atoms with E-state index in [1.54, 1.807) is 0 Å².